The molecule has 8 nitrogen and oxygen atoms in total. The van der Waals surface area contributed by atoms with Crippen LogP contribution in [0.4, 0.5) is 5.69 Å². The SMILES string of the molecule is CCC(CC)COC(=O)[C@H](C)NP(C)(=O)Oc1ccc([N+](=O)[O-])cc1. The maximum absolute atomic E-state index is 12.5. The number of nitrogens with zero attached hydrogens (tertiary/aromatic N) is 1. The summed E-state index contributed by atoms with van der Waals surface area (Å²) in [6, 6.07) is 4.41. The highest BCUT2D eigenvalue weighted by atomic mass is 31.2. The van der Waals surface area contributed by atoms with E-state index in [0.29, 0.717) is 12.5 Å². The summed E-state index contributed by atoms with van der Waals surface area (Å²) in [7, 11) is -3.35. The van der Waals surface area contributed by atoms with Gasteiger partial charge in [0.25, 0.3) is 5.69 Å². The van der Waals surface area contributed by atoms with Crippen molar-refractivity contribution in [2.45, 2.75) is 39.7 Å². The third kappa shape index (κ3) is 7.23. The minimum atomic E-state index is -3.35. The minimum Gasteiger partial charge on any atom is -0.464 e. The Kier molecular flexibility index (Phi) is 8.06. The molecule has 0 saturated heterocycles. The zero-order valence-corrected chi connectivity index (χ0v) is 15.8. The van der Waals surface area contributed by atoms with Crippen LogP contribution in [0.3, 0.4) is 0 Å². The number of hydrogen-bond acceptors (Lipinski definition) is 6. The average Bonchev–Trinajstić information content (AvgIpc) is 2.55. The van der Waals surface area contributed by atoms with Gasteiger partial charge in [0.1, 0.15) is 11.8 Å². The van der Waals surface area contributed by atoms with Crippen molar-refractivity contribution in [1.82, 2.24) is 5.09 Å². The van der Waals surface area contributed by atoms with Crippen molar-refractivity contribution in [2.75, 3.05) is 13.3 Å². The Labute approximate surface area is 147 Å². The molecule has 0 heterocycles. The molecule has 0 bridgehead atoms. The van der Waals surface area contributed by atoms with E-state index >= 15 is 0 Å². The molecule has 2 atom stereocenters. The zero-order valence-electron chi connectivity index (χ0n) is 14.9. The maximum atomic E-state index is 12.5. The fraction of sp³-hybridized carbons (Fsp3) is 0.562. The predicted molar refractivity (Wildman–Crippen MR) is 94.9 cm³/mol. The van der Waals surface area contributed by atoms with Gasteiger partial charge < -0.3 is 9.26 Å². The lowest BCUT2D eigenvalue weighted by molar-refractivity contribution is -0.384. The van der Waals surface area contributed by atoms with Gasteiger partial charge in [0.05, 0.1) is 11.5 Å². The van der Waals surface area contributed by atoms with Gasteiger partial charge in [-0.05, 0) is 25.0 Å². The highest BCUT2D eigenvalue weighted by Crippen LogP contribution is 2.39. The van der Waals surface area contributed by atoms with Crippen molar-refractivity contribution in [3.63, 3.8) is 0 Å². The van der Waals surface area contributed by atoms with E-state index in [9.17, 15) is 19.5 Å². The molecule has 1 aromatic rings. The number of carbonyl (C=O) groups is 1. The second-order valence-electron chi connectivity index (χ2n) is 5.85. The normalized spacial score (nSPS) is 14.6. The summed E-state index contributed by atoms with van der Waals surface area (Å²) in [6.45, 7) is 7.27. The third-order valence-electron chi connectivity index (χ3n) is 3.72. The van der Waals surface area contributed by atoms with Crippen LogP contribution in [-0.2, 0) is 14.1 Å². The Balaban J connectivity index is 2.59. The van der Waals surface area contributed by atoms with E-state index in [0.717, 1.165) is 12.8 Å². The molecule has 140 valence electrons. The summed E-state index contributed by atoms with van der Waals surface area (Å²) in [6.07, 6.45) is 1.84. The molecule has 0 aromatic heterocycles. The first kappa shape index (κ1) is 21.1. The van der Waals surface area contributed by atoms with Crippen molar-refractivity contribution in [1.29, 1.82) is 0 Å². The summed E-state index contributed by atoms with van der Waals surface area (Å²) in [4.78, 5) is 22.1. The predicted octanol–water partition coefficient (Wildman–Crippen LogP) is 3.75. The lowest BCUT2D eigenvalue weighted by Gasteiger charge is -2.21. The van der Waals surface area contributed by atoms with Gasteiger partial charge in [-0.15, -0.1) is 0 Å². The van der Waals surface area contributed by atoms with Crippen LogP contribution in [0.25, 0.3) is 0 Å². The second-order valence-corrected chi connectivity index (χ2v) is 7.98. The molecule has 0 saturated carbocycles. The van der Waals surface area contributed by atoms with Crippen molar-refractivity contribution in [3.05, 3.63) is 34.4 Å². The van der Waals surface area contributed by atoms with E-state index in [4.69, 9.17) is 9.26 Å². The third-order valence-corrected chi connectivity index (χ3v) is 5.14. The van der Waals surface area contributed by atoms with Gasteiger partial charge in [-0.25, -0.2) is 5.09 Å². The molecular formula is C16H25N2O6P. The average molecular weight is 372 g/mol. The number of rotatable bonds is 10. The fourth-order valence-corrected chi connectivity index (χ4v) is 3.50. The summed E-state index contributed by atoms with van der Waals surface area (Å²) in [5.74, 6) is 0.0174. The van der Waals surface area contributed by atoms with E-state index in [1.165, 1.54) is 30.9 Å². The van der Waals surface area contributed by atoms with Crippen LogP contribution < -0.4 is 9.61 Å². The monoisotopic (exact) mass is 372 g/mol. The molecule has 1 rings (SSSR count). The topological polar surface area (TPSA) is 108 Å². The number of nitrogens with one attached hydrogen (secondary N) is 1. The van der Waals surface area contributed by atoms with Crippen LogP contribution in [0.15, 0.2) is 24.3 Å². The van der Waals surface area contributed by atoms with Gasteiger partial charge in [-0.1, -0.05) is 26.7 Å². The zero-order chi connectivity index (χ0) is 19.0. The van der Waals surface area contributed by atoms with E-state index < -0.39 is 24.5 Å². The summed E-state index contributed by atoms with van der Waals surface area (Å²) in [5, 5.41) is 13.2. The van der Waals surface area contributed by atoms with Gasteiger partial charge in [0.2, 0.25) is 0 Å². The fourth-order valence-electron chi connectivity index (χ4n) is 2.11. The number of carbonyl (C=O) groups excluding carboxylic acids is 1. The molecule has 25 heavy (non-hydrogen) atoms. The van der Waals surface area contributed by atoms with Gasteiger partial charge in [-0.3, -0.25) is 19.5 Å². The first-order valence-corrected chi connectivity index (χ1v) is 10.2. The number of ether oxygens (including phenoxy) is 1. The number of nitro benzene ring substituents is 1. The first-order chi connectivity index (χ1) is 11.7. The summed E-state index contributed by atoms with van der Waals surface area (Å²) < 4.78 is 23.1. The molecule has 1 N–H and O–H groups in total. The van der Waals surface area contributed by atoms with E-state index in [2.05, 4.69) is 5.09 Å². The number of nitro groups is 1. The lowest BCUT2D eigenvalue weighted by Crippen LogP contribution is -2.35. The highest BCUT2D eigenvalue weighted by molar-refractivity contribution is 7.56. The van der Waals surface area contributed by atoms with E-state index in [1.54, 1.807) is 6.92 Å². The largest absolute Gasteiger partial charge is 0.464 e. The van der Waals surface area contributed by atoms with Gasteiger partial charge in [-0.2, -0.15) is 0 Å². The highest BCUT2D eigenvalue weighted by Gasteiger charge is 2.26. The molecular weight excluding hydrogens is 347 g/mol. The minimum absolute atomic E-state index is 0.0930. The quantitative estimate of drug-likeness (QED) is 0.288. The van der Waals surface area contributed by atoms with Crippen LogP contribution >= 0.6 is 7.52 Å². The van der Waals surface area contributed by atoms with Crippen LogP contribution in [0.1, 0.15) is 33.6 Å². The van der Waals surface area contributed by atoms with Gasteiger partial charge >= 0.3 is 13.5 Å². The molecule has 0 fully saturated rings. The Bertz CT molecular complexity index is 630. The lowest BCUT2D eigenvalue weighted by atomic mass is 10.1. The molecule has 0 radical (unpaired) electrons. The molecule has 0 aliphatic rings. The van der Waals surface area contributed by atoms with Crippen molar-refractivity contribution < 1.29 is 23.5 Å². The number of esters is 1. The molecule has 0 amide bonds. The van der Waals surface area contributed by atoms with Gasteiger partial charge in [0, 0.05) is 18.8 Å². The Morgan fingerprint density at radius 2 is 1.84 bits per heavy atom. The van der Waals surface area contributed by atoms with Crippen LogP contribution in [0.5, 0.6) is 5.75 Å². The number of hydrogen-bond donors (Lipinski definition) is 1. The molecule has 0 aliphatic carbocycles. The second kappa shape index (κ2) is 9.53. The molecule has 1 aromatic carbocycles. The maximum Gasteiger partial charge on any atom is 0.323 e. The van der Waals surface area contributed by atoms with Crippen LogP contribution in [0.2, 0.25) is 0 Å². The van der Waals surface area contributed by atoms with Crippen LogP contribution in [-0.4, -0.2) is 30.2 Å². The van der Waals surface area contributed by atoms with Crippen LogP contribution in [0, 0.1) is 16.0 Å². The van der Waals surface area contributed by atoms with Crippen molar-refractivity contribution in [2.24, 2.45) is 5.92 Å². The van der Waals surface area contributed by atoms with Crippen molar-refractivity contribution >= 4 is 19.2 Å². The smallest absolute Gasteiger partial charge is 0.323 e. The number of benzene rings is 1. The van der Waals surface area contributed by atoms with Crippen molar-refractivity contribution in [3.8, 4) is 5.75 Å². The first-order valence-electron chi connectivity index (χ1n) is 8.14. The van der Waals surface area contributed by atoms with E-state index in [-0.39, 0.29) is 11.4 Å². The summed E-state index contributed by atoms with van der Waals surface area (Å²) >= 11 is 0. The summed E-state index contributed by atoms with van der Waals surface area (Å²) in [5.41, 5.74) is -0.0930. The standard InChI is InChI=1S/C16H25N2O6P/c1-5-13(6-2)11-23-16(19)12(3)17-25(4,22)24-15-9-7-14(8-10-15)18(20)21/h7-10,12-13H,5-6,11H2,1-4H3,(H,17,22)/t12-,25?/m0/s1. The van der Waals surface area contributed by atoms with Gasteiger partial charge in [0.15, 0.2) is 0 Å². The Hall–Kier alpha value is -1.92. The Morgan fingerprint density at radius 1 is 1.28 bits per heavy atom. The van der Waals surface area contributed by atoms with E-state index in [1.807, 2.05) is 13.8 Å². The Morgan fingerprint density at radius 3 is 2.32 bits per heavy atom. The molecule has 9 heteroatoms. The molecule has 0 spiro atoms. The molecule has 1 unspecified atom stereocenters. The molecule has 0 aliphatic heterocycles. The number of non-ortho nitro benzene ring substituents is 1.